The predicted octanol–water partition coefficient (Wildman–Crippen LogP) is 4.52. The predicted molar refractivity (Wildman–Crippen MR) is 116 cm³/mol. The van der Waals surface area contributed by atoms with E-state index in [9.17, 15) is 4.79 Å². The van der Waals surface area contributed by atoms with Gasteiger partial charge in [0.1, 0.15) is 11.6 Å². The zero-order valence-corrected chi connectivity index (χ0v) is 17.0. The molecule has 0 saturated carbocycles. The highest BCUT2D eigenvalue weighted by molar-refractivity contribution is 6.03. The zero-order chi connectivity index (χ0) is 20.6. The van der Waals surface area contributed by atoms with Crippen molar-refractivity contribution < 1.29 is 9.53 Å². The van der Waals surface area contributed by atoms with E-state index in [1.165, 1.54) is 5.56 Å². The Balaban J connectivity index is 1.54. The van der Waals surface area contributed by atoms with Gasteiger partial charge in [-0.15, -0.1) is 10.2 Å². The number of hydrogen-bond acceptors (Lipinski definition) is 5. The summed E-state index contributed by atoms with van der Waals surface area (Å²) in [6, 6.07) is 19.2. The Bertz CT molecular complexity index is 938. The largest absolute Gasteiger partial charge is 0.497 e. The Morgan fingerprint density at radius 1 is 1.00 bits per heavy atom. The maximum absolute atomic E-state index is 12.5. The quantitative estimate of drug-likeness (QED) is 0.592. The van der Waals surface area contributed by atoms with Crippen LogP contribution in [0.4, 0.5) is 11.5 Å². The first-order valence-electron chi connectivity index (χ1n) is 9.67. The fourth-order valence-corrected chi connectivity index (χ4v) is 2.98. The molecule has 150 valence electrons. The number of amides is 1. The van der Waals surface area contributed by atoms with E-state index in [1.807, 2.05) is 48.5 Å². The van der Waals surface area contributed by atoms with Crippen LogP contribution < -0.4 is 15.4 Å². The number of nitrogens with zero attached hydrogens (tertiary/aromatic N) is 2. The van der Waals surface area contributed by atoms with Crippen LogP contribution in [0.1, 0.15) is 41.4 Å². The van der Waals surface area contributed by atoms with Crippen molar-refractivity contribution in [3.8, 4) is 5.75 Å². The molecule has 1 heterocycles. The fourth-order valence-electron chi connectivity index (χ4n) is 2.98. The minimum absolute atomic E-state index is 0.268. The van der Waals surface area contributed by atoms with Crippen LogP contribution in [-0.2, 0) is 6.42 Å². The first-order chi connectivity index (χ1) is 14.1. The first kappa shape index (κ1) is 20.3. The molecule has 3 aromatic rings. The summed E-state index contributed by atoms with van der Waals surface area (Å²) in [7, 11) is 1.66. The van der Waals surface area contributed by atoms with Crippen molar-refractivity contribution in [2.75, 3.05) is 24.3 Å². The van der Waals surface area contributed by atoms with Crippen LogP contribution in [0.5, 0.6) is 5.75 Å². The number of carbonyl (C=O) groups is 1. The molecule has 2 aromatic carbocycles. The van der Waals surface area contributed by atoms with Gasteiger partial charge in [0.2, 0.25) is 0 Å². The van der Waals surface area contributed by atoms with Gasteiger partial charge in [0.05, 0.1) is 7.11 Å². The fraction of sp³-hybridized carbons (Fsp3) is 0.261. The van der Waals surface area contributed by atoms with E-state index in [4.69, 9.17) is 4.74 Å². The van der Waals surface area contributed by atoms with E-state index in [0.717, 1.165) is 23.4 Å². The molecule has 1 amide bonds. The Morgan fingerprint density at radius 3 is 2.41 bits per heavy atom. The van der Waals surface area contributed by atoms with Gasteiger partial charge in [-0.1, -0.05) is 44.2 Å². The lowest BCUT2D eigenvalue weighted by molar-refractivity contribution is 0.102. The van der Waals surface area contributed by atoms with E-state index < -0.39 is 0 Å². The molecule has 0 bridgehead atoms. The minimum atomic E-state index is -0.268. The normalized spacial score (nSPS) is 10.6. The summed E-state index contributed by atoms with van der Waals surface area (Å²) in [5.74, 6) is 1.53. The van der Waals surface area contributed by atoms with Crippen LogP contribution in [0.25, 0.3) is 0 Å². The molecule has 0 fully saturated rings. The highest BCUT2D eigenvalue weighted by Crippen LogP contribution is 2.24. The van der Waals surface area contributed by atoms with E-state index >= 15 is 0 Å². The van der Waals surface area contributed by atoms with Crippen LogP contribution in [0, 0.1) is 0 Å². The molecule has 0 aliphatic heterocycles. The molecule has 3 rings (SSSR count). The first-order valence-corrected chi connectivity index (χ1v) is 9.67. The second kappa shape index (κ2) is 9.68. The van der Waals surface area contributed by atoms with Crippen LogP contribution in [0.3, 0.4) is 0 Å². The van der Waals surface area contributed by atoms with Gasteiger partial charge in [-0.3, -0.25) is 4.79 Å². The average molecular weight is 390 g/mol. The maximum atomic E-state index is 12.5. The number of rotatable bonds is 8. The van der Waals surface area contributed by atoms with Gasteiger partial charge in [0.15, 0.2) is 5.69 Å². The second-order valence-corrected chi connectivity index (χ2v) is 7.02. The van der Waals surface area contributed by atoms with Gasteiger partial charge < -0.3 is 15.4 Å². The molecule has 1 aromatic heterocycles. The summed E-state index contributed by atoms with van der Waals surface area (Å²) in [5.41, 5.74) is 3.37. The topological polar surface area (TPSA) is 76.1 Å². The third-order valence-electron chi connectivity index (χ3n) is 4.61. The number of carbonyl (C=O) groups excluding carboxylic acids is 1. The van der Waals surface area contributed by atoms with Crippen LogP contribution in [-0.4, -0.2) is 29.8 Å². The number of anilines is 2. The third kappa shape index (κ3) is 5.54. The van der Waals surface area contributed by atoms with Crippen LogP contribution in [0.2, 0.25) is 0 Å². The molecule has 0 unspecified atom stereocenters. The summed E-state index contributed by atoms with van der Waals surface area (Å²) in [6.07, 6.45) is 0.847. The van der Waals surface area contributed by atoms with Gasteiger partial charge in [0, 0.05) is 12.2 Å². The van der Waals surface area contributed by atoms with Crippen LogP contribution in [0.15, 0.2) is 60.7 Å². The number of benzene rings is 2. The SMILES string of the molecule is COc1ccc(CCNc2ccc(C(=O)Nc3ccccc3C(C)C)nn2)cc1. The summed E-state index contributed by atoms with van der Waals surface area (Å²) in [5, 5.41) is 14.3. The van der Waals surface area contributed by atoms with Gasteiger partial charge in [-0.05, 0) is 53.8 Å². The number of aromatic nitrogens is 2. The molecular weight excluding hydrogens is 364 g/mol. The van der Waals surface area contributed by atoms with Gasteiger partial charge in [-0.2, -0.15) is 0 Å². The number of ether oxygens (including phenoxy) is 1. The smallest absolute Gasteiger partial charge is 0.276 e. The molecule has 0 saturated heterocycles. The Kier molecular flexibility index (Phi) is 6.79. The average Bonchev–Trinajstić information content (AvgIpc) is 2.75. The van der Waals surface area contributed by atoms with Gasteiger partial charge >= 0.3 is 0 Å². The standard InChI is InChI=1S/C23H26N4O2/c1-16(2)19-6-4-5-7-20(19)25-23(28)21-12-13-22(27-26-21)24-15-14-17-8-10-18(29-3)11-9-17/h4-13,16H,14-15H2,1-3H3,(H,24,27)(H,25,28). The highest BCUT2D eigenvalue weighted by atomic mass is 16.5. The number of methoxy groups -OCH3 is 1. The summed E-state index contributed by atoms with van der Waals surface area (Å²) >= 11 is 0. The van der Waals surface area contributed by atoms with Crippen molar-refractivity contribution >= 4 is 17.4 Å². The summed E-state index contributed by atoms with van der Waals surface area (Å²) in [4.78, 5) is 12.5. The molecular formula is C23H26N4O2. The van der Waals surface area contributed by atoms with Crippen molar-refractivity contribution in [3.05, 3.63) is 77.5 Å². The molecule has 6 nitrogen and oxygen atoms in total. The van der Waals surface area contributed by atoms with E-state index in [1.54, 1.807) is 19.2 Å². The molecule has 6 heteroatoms. The minimum Gasteiger partial charge on any atom is -0.497 e. The second-order valence-electron chi connectivity index (χ2n) is 7.02. The highest BCUT2D eigenvalue weighted by Gasteiger charge is 2.12. The van der Waals surface area contributed by atoms with Crippen molar-refractivity contribution in [1.82, 2.24) is 10.2 Å². The van der Waals surface area contributed by atoms with E-state index in [-0.39, 0.29) is 11.6 Å². The van der Waals surface area contributed by atoms with Crippen molar-refractivity contribution in [3.63, 3.8) is 0 Å². The lowest BCUT2D eigenvalue weighted by Crippen LogP contribution is -2.16. The molecule has 0 aliphatic carbocycles. The maximum Gasteiger partial charge on any atom is 0.276 e. The number of para-hydroxylation sites is 1. The molecule has 2 N–H and O–H groups in total. The molecule has 0 spiro atoms. The molecule has 0 atom stereocenters. The molecule has 29 heavy (non-hydrogen) atoms. The third-order valence-corrected chi connectivity index (χ3v) is 4.61. The molecule has 0 radical (unpaired) electrons. The van der Waals surface area contributed by atoms with Crippen molar-refractivity contribution in [1.29, 1.82) is 0 Å². The summed E-state index contributed by atoms with van der Waals surface area (Å²) < 4.78 is 5.16. The lowest BCUT2D eigenvalue weighted by Gasteiger charge is -2.13. The Labute approximate surface area is 171 Å². The zero-order valence-electron chi connectivity index (χ0n) is 17.0. The Morgan fingerprint density at radius 2 is 1.76 bits per heavy atom. The monoisotopic (exact) mass is 390 g/mol. The lowest BCUT2D eigenvalue weighted by atomic mass is 10.0. The Hall–Kier alpha value is -3.41. The number of nitrogens with one attached hydrogen (secondary N) is 2. The van der Waals surface area contributed by atoms with E-state index in [0.29, 0.717) is 18.3 Å². The van der Waals surface area contributed by atoms with Crippen molar-refractivity contribution in [2.24, 2.45) is 0 Å². The van der Waals surface area contributed by atoms with Crippen molar-refractivity contribution in [2.45, 2.75) is 26.2 Å². The molecule has 0 aliphatic rings. The van der Waals surface area contributed by atoms with E-state index in [2.05, 4.69) is 34.7 Å². The summed E-state index contributed by atoms with van der Waals surface area (Å²) in [6.45, 7) is 4.91. The number of hydrogen-bond donors (Lipinski definition) is 2. The van der Waals surface area contributed by atoms with Gasteiger partial charge in [-0.25, -0.2) is 0 Å². The van der Waals surface area contributed by atoms with Gasteiger partial charge in [0.25, 0.3) is 5.91 Å². The van der Waals surface area contributed by atoms with Crippen LogP contribution >= 0.6 is 0 Å².